The van der Waals surface area contributed by atoms with Crippen molar-refractivity contribution in [1.29, 1.82) is 0 Å². The largest absolute Gasteiger partial charge is 0.298 e. The molecule has 0 unspecified atom stereocenters. The first-order valence-electron chi connectivity index (χ1n) is 3.93. The molecule has 0 fully saturated rings. The first-order chi connectivity index (χ1) is 6.54. The molecule has 4 heteroatoms. The molecule has 0 bridgehead atoms. The van der Waals surface area contributed by atoms with E-state index in [1.165, 1.54) is 0 Å². The summed E-state index contributed by atoms with van der Waals surface area (Å²) in [5, 5.41) is 0. The maximum absolute atomic E-state index is 10.8. The second kappa shape index (κ2) is 4.36. The predicted molar refractivity (Wildman–Crippen MR) is 62.1 cm³/mol. The minimum Gasteiger partial charge on any atom is -0.298 e. The number of carbonyl (C=O) groups is 2. The van der Waals surface area contributed by atoms with Crippen LogP contribution in [0.25, 0.3) is 0 Å². The summed E-state index contributed by atoms with van der Waals surface area (Å²) in [5.74, 6) is 0. The highest BCUT2D eigenvalue weighted by molar-refractivity contribution is 9.11. The third-order valence-corrected chi connectivity index (χ3v) is 4.22. The van der Waals surface area contributed by atoms with Crippen molar-refractivity contribution in [3.63, 3.8) is 0 Å². The van der Waals surface area contributed by atoms with Crippen LogP contribution in [0, 0.1) is 13.8 Å². The molecule has 1 aromatic rings. The maximum Gasteiger partial charge on any atom is 0.151 e. The molecule has 0 aliphatic heterocycles. The molecule has 0 saturated heterocycles. The van der Waals surface area contributed by atoms with Gasteiger partial charge in [0.05, 0.1) is 0 Å². The minimum absolute atomic E-state index is 0.583. The van der Waals surface area contributed by atoms with Gasteiger partial charge in [0, 0.05) is 20.1 Å². The summed E-state index contributed by atoms with van der Waals surface area (Å²) in [4.78, 5) is 21.6. The topological polar surface area (TPSA) is 34.1 Å². The zero-order chi connectivity index (χ0) is 10.9. The zero-order valence-electron chi connectivity index (χ0n) is 7.73. The Bertz CT molecular complexity index is 343. The standard InChI is InChI=1S/C10H8Br2O2/c1-5-7(3-13)10(12)6(2)8(4-14)9(5)11/h3-4H,1-2H3. The number of benzene rings is 1. The Morgan fingerprint density at radius 3 is 1.36 bits per heavy atom. The molecule has 74 valence electrons. The van der Waals surface area contributed by atoms with Crippen molar-refractivity contribution in [3.05, 3.63) is 31.2 Å². The van der Waals surface area contributed by atoms with Gasteiger partial charge < -0.3 is 0 Å². The number of rotatable bonds is 2. The number of aldehydes is 2. The van der Waals surface area contributed by atoms with Gasteiger partial charge in [-0.05, 0) is 56.8 Å². The van der Waals surface area contributed by atoms with Crippen LogP contribution in [-0.4, -0.2) is 12.6 Å². The van der Waals surface area contributed by atoms with Crippen molar-refractivity contribution in [2.45, 2.75) is 13.8 Å². The number of hydrogen-bond acceptors (Lipinski definition) is 2. The molecule has 1 aromatic carbocycles. The van der Waals surface area contributed by atoms with Crippen molar-refractivity contribution in [2.24, 2.45) is 0 Å². The first kappa shape index (κ1) is 11.6. The molecule has 2 nitrogen and oxygen atoms in total. The lowest BCUT2D eigenvalue weighted by atomic mass is 10.0. The molecule has 0 spiro atoms. The molecular formula is C10H8Br2O2. The predicted octanol–water partition coefficient (Wildman–Crippen LogP) is 3.45. The van der Waals surface area contributed by atoms with Gasteiger partial charge in [0.25, 0.3) is 0 Å². The average molecular weight is 320 g/mol. The van der Waals surface area contributed by atoms with Gasteiger partial charge >= 0.3 is 0 Å². The fraction of sp³-hybridized carbons (Fsp3) is 0.200. The van der Waals surface area contributed by atoms with Crippen LogP contribution < -0.4 is 0 Å². The van der Waals surface area contributed by atoms with E-state index in [-0.39, 0.29) is 0 Å². The molecule has 0 aromatic heterocycles. The van der Waals surface area contributed by atoms with Gasteiger partial charge in [0.2, 0.25) is 0 Å². The van der Waals surface area contributed by atoms with Crippen LogP contribution >= 0.6 is 31.9 Å². The summed E-state index contributed by atoms with van der Waals surface area (Å²) in [6.07, 6.45) is 1.57. The maximum atomic E-state index is 10.8. The van der Waals surface area contributed by atoms with E-state index < -0.39 is 0 Å². The van der Waals surface area contributed by atoms with Crippen LogP contribution in [0.4, 0.5) is 0 Å². The van der Waals surface area contributed by atoms with Crippen molar-refractivity contribution >= 4 is 44.4 Å². The van der Waals surface area contributed by atoms with Gasteiger partial charge in [-0.1, -0.05) is 0 Å². The van der Waals surface area contributed by atoms with Crippen LogP contribution in [0.1, 0.15) is 31.8 Å². The van der Waals surface area contributed by atoms with Crippen LogP contribution in [0.2, 0.25) is 0 Å². The Hall–Kier alpha value is -0.480. The molecule has 0 amide bonds. The highest BCUT2D eigenvalue weighted by Gasteiger charge is 2.15. The fourth-order valence-corrected chi connectivity index (χ4v) is 2.46. The van der Waals surface area contributed by atoms with E-state index in [1.807, 2.05) is 0 Å². The van der Waals surface area contributed by atoms with Crippen LogP contribution in [0.5, 0.6) is 0 Å². The Kier molecular flexibility index (Phi) is 3.61. The normalized spacial score (nSPS) is 10.0. The first-order valence-corrected chi connectivity index (χ1v) is 5.51. The van der Waals surface area contributed by atoms with E-state index in [1.54, 1.807) is 13.8 Å². The zero-order valence-corrected chi connectivity index (χ0v) is 10.9. The van der Waals surface area contributed by atoms with Crippen LogP contribution in [0.3, 0.4) is 0 Å². The summed E-state index contributed by atoms with van der Waals surface area (Å²) in [6, 6.07) is 0. The Labute approximate surface area is 98.9 Å². The van der Waals surface area contributed by atoms with Gasteiger partial charge in [-0.3, -0.25) is 9.59 Å². The van der Waals surface area contributed by atoms with Gasteiger partial charge in [-0.2, -0.15) is 0 Å². The van der Waals surface area contributed by atoms with Crippen LogP contribution in [0.15, 0.2) is 8.95 Å². The van der Waals surface area contributed by atoms with Crippen molar-refractivity contribution < 1.29 is 9.59 Å². The number of hydrogen-bond donors (Lipinski definition) is 0. The van der Waals surface area contributed by atoms with Crippen molar-refractivity contribution in [2.75, 3.05) is 0 Å². The minimum atomic E-state index is 0.583. The van der Waals surface area contributed by atoms with E-state index in [2.05, 4.69) is 31.9 Å². The molecule has 0 atom stereocenters. The smallest absolute Gasteiger partial charge is 0.151 e. The summed E-state index contributed by atoms with van der Waals surface area (Å²) < 4.78 is 1.38. The summed E-state index contributed by atoms with van der Waals surface area (Å²) in [6.45, 7) is 3.59. The van der Waals surface area contributed by atoms with E-state index in [0.717, 1.165) is 23.7 Å². The van der Waals surface area contributed by atoms with Gasteiger partial charge in [-0.25, -0.2) is 0 Å². The highest BCUT2D eigenvalue weighted by Crippen LogP contribution is 2.32. The summed E-state index contributed by atoms with van der Waals surface area (Å²) in [7, 11) is 0. The molecule has 0 N–H and O–H groups in total. The third-order valence-electron chi connectivity index (χ3n) is 2.18. The van der Waals surface area contributed by atoms with Gasteiger partial charge in [0.15, 0.2) is 12.6 Å². The fourth-order valence-electron chi connectivity index (χ4n) is 1.25. The Morgan fingerprint density at radius 1 is 0.857 bits per heavy atom. The van der Waals surface area contributed by atoms with E-state index in [0.29, 0.717) is 20.1 Å². The Morgan fingerprint density at radius 2 is 1.14 bits per heavy atom. The van der Waals surface area contributed by atoms with Gasteiger partial charge in [0.1, 0.15) is 0 Å². The van der Waals surface area contributed by atoms with E-state index in [9.17, 15) is 9.59 Å². The van der Waals surface area contributed by atoms with E-state index >= 15 is 0 Å². The second-order valence-electron chi connectivity index (χ2n) is 2.94. The van der Waals surface area contributed by atoms with Crippen molar-refractivity contribution in [3.8, 4) is 0 Å². The number of carbonyl (C=O) groups excluding carboxylic acids is 2. The molecular weight excluding hydrogens is 312 g/mol. The molecule has 0 aliphatic carbocycles. The monoisotopic (exact) mass is 318 g/mol. The van der Waals surface area contributed by atoms with Crippen molar-refractivity contribution in [1.82, 2.24) is 0 Å². The quantitative estimate of drug-likeness (QED) is 0.782. The second-order valence-corrected chi connectivity index (χ2v) is 4.53. The van der Waals surface area contributed by atoms with Gasteiger partial charge in [-0.15, -0.1) is 0 Å². The van der Waals surface area contributed by atoms with E-state index in [4.69, 9.17) is 0 Å². The third kappa shape index (κ3) is 1.68. The average Bonchev–Trinajstić information content (AvgIpc) is 2.17. The lowest BCUT2D eigenvalue weighted by molar-refractivity contribution is 0.111. The molecule has 14 heavy (non-hydrogen) atoms. The summed E-state index contributed by atoms with van der Waals surface area (Å²) >= 11 is 6.61. The molecule has 0 radical (unpaired) electrons. The Balaban J connectivity index is 3.71. The molecule has 0 heterocycles. The highest BCUT2D eigenvalue weighted by atomic mass is 79.9. The lowest BCUT2D eigenvalue weighted by Gasteiger charge is -2.11. The van der Waals surface area contributed by atoms with Crippen LogP contribution in [-0.2, 0) is 0 Å². The molecule has 0 aliphatic rings. The number of halogens is 2. The molecule has 0 saturated carbocycles. The summed E-state index contributed by atoms with van der Waals surface area (Å²) in [5.41, 5.74) is 2.72. The lowest BCUT2D eigenvalue weighted by Crippen LogP contribution is -1.99. The SMILES string of the molecule is Cc1c(Br)c(C=O)c(C)c(Br)c1C=O. The molecule has 1 rings (SSSR count).